The Balaban J connectivity index is 2.13. The summed E-state index contributed by atoms with van der Waals surface area (Å²) in [5.41, 5.74) is 4.10. The lowest BCUT2D eigenvalue weighted by Crippen LogP contribution is -2.05. The number of hydrogen-bond donors (Lipinski definition) is 1. The predicted molar refractivity (Wildman–Crippen MR) is 86.3 cm³/mol. The summed E-state index contributed by atoms with van der Waals surface area (Å²) in [6, 6.07) is 10.2. The lowest BCUT2D eigenvalue weighted by Gasteiger charge is -2.10. The molecule has 0 bridgehead atoms. The molecule has 0 spiro atoms. The Kier molecular flexibility index (Phi) is 3.77. The van der Waals surface area contributed by atoms with Crippen LogP contribution >= 0.6 is 0 Å². The van der Waals surface area contributed by atoms with Crippen LogP contribution in [0.4, 0.5) is 5.95 Å². The molecule has 0 saturated carbocycles. The first-order chi connectivity index (χ1) is 10.3. The first-order valence-electron chi connectivity index (χ1n) is 7.21. The molecular formula is C17H18N4. The van der Waals surface area contributed by atoms with Crippen LogP contribution in [0.1, 0.15) is 18.9 Å². The number of benzene rings is 1. The highest BCUT2D eigenvalue weighted by molar-refractivity contribution is 5.94. The first-order valence-corrected chi connectivity index (χ1v) is 7.21. The molecule has 0 aliphatic rings. The fourth-order valence-corrected chi connectivity index (χ4v) is 2.35. The second kappa shape index (κ2) is 5.87. The zero-order valence-corrected chi connectivity index (χ0v) is 12.3. The Morgan fingerprint density at radius 3 is 2.86 bits per heavy atom. The van der Waals surface area contributed by atoms with Crippen molar-refractivity contribution in [1.82, 2.24) is 15.0 Å². The van der Waals surface area contributed by atoms with Crippen molar-refractivity contribution >= 4 is 16.9 Å². The summed E-state index contributed by atoms with van der Waals surface area (Å²) < 4.78 is 0. The molecular weight excluding hydrogens is 260 g/mol. The van der Waals surface area contributed by atoms with E-state index in [0.29, 0.717) is 5.95 Å². The Morgan fingerprint density at radius 2 is 2.00 bits per heavy atom. The average Bonchev–Trinajstić information content (AvgIpc) is 2.54. The van der Waals surface area contributed by atoms with Crippen molar-refractivity contribution in [3.63, 3.8) is 0 Å². The van der Waals surface area contributed by atoms with Gasteiger partial charge < -0.3 is 5.32 Å². The number of aromatic nitrogens is 3. The zero-order valence-electron chi connectivity index (χ0n) is 12.3. The lowest BCUT2D eigenvalue weighted by atomic mass is 10.0. The Labute approximate surface area is 124 Å². The van der Waals surface area contributed by atoms with Gasteiger partial charge in [-0.15, -0.1) is 0 Å². The normalized spacial score (nSPS) is 10.8. The summed E-state index contributed by atoms with van der Waals surface area (Å²) in [6.45, 7) is 5.03. The number of aryl methyl sites for hydroxylation is 1. The van der Waals surface area contributed by atoms with Crippen molar-refractivity contribution in [3.8, 4) is 11.3 Å². The van der Waals surface area contributed by atoms with Crippen LogP contribution in [0.15, 0.2) is 42.7 Å². The van der Waals surface area contributed by atoms with E-state index in [9.17, 15) is 0 Å². The number of pyridine rings is 1. The SMILES string of the molecule is CCCNc1ncc(C)c(-c2cccc3ncccc23)n1. The second-order valence-electron chi connectivity index (χ2n) is 5.03. The first kappa shape index (κ1) is 13.5. The third-order valence-electron chi connectivity index (χ3n) is 3.41. The van der Waals surface area contributed by atoms with E-state index >= 15 is 0 Å². The fourth-order valence-electron chi connectivity index (χ4n) is 2.35. The largest absolute Gasteiger partial charge is 0.354 e. The summed E-state index contributed by atoms with van der Waals surface area (Å²) in [5, 5.41) is 4.36. The van der Waals surface area contributed by atoms with Crippen molar-refractivity contribution < 1.29 is 0 Å². The molecule has 3 aromatic rings. The molecule has 0 atom stereocenters. The van der Waals surface area contributed by atoms with E-state index in [-0.39, 0.29) is 0 Å². The number of rotatable bonds is 4. The molecule has 0 fully saturated rings. The van der Waals surface area contributed by atoms with Crippen LogP contribution in [0.3, 0.4) is 0 Å². The van der Waals surface area contributed by atoms with Gasteiger partial charge in [-0.25, -0.2) is 9.97 Å². The molecule has 4 nitrogen and oxygen atoms in total. The minimum atomic E-state index is 0.679. The topological polar surface area (TPSA) is 50.7 Å². The molecule has 0 saturated heterocycles. The van der Waals surface area contributed by atoms with Gasteiger partial charge in [0, 0.05) is 29.9 Å². The third kappa shape index (κ3) is 2.70. The predicted octanol–water partition coefficient (Wildman–Crippen LogP) is 3.82. The average molecular weight is 278 g/mol. The smallest absolute Gasteiger partial charge is 0.223 e. The van der Waals surface area contributed by atoms with Crippen molar-refractivity contribution in [3.05, 3.63) is 48.3 Å². The summed E-state index contributed by atoms with van der Waals surface area (Å²) in [5.74, 6) is 0.679. The lowest BCUT2D eigenvalue weighted by molar-refractivity contribution is 0.951. The minimum Gasteiger partial charge on any atom is -0.354 e. The van der Waals surface area contributed by atoms with E-state index in [0.717, 1.165) is 40.7 Å². The molecule has 3 rings (SSSR count). The molecule has 106 valence electrons. The maximum absolute atomic E-state index is 4.68. The summed E-state index contributed by atoms with van der Waals surface area (Å²) in [4.78, 5) is 13.4. The van der Waals surface area contributed by atoms with Crippen molar-refractivity contribution in [2.24, 2.45) is 0 Å². The van der Waals surface area contributed by atoms with Gasteiger partial charge in [-0.05, 0) is 31.0 Å². The van der Waals surface area contributed by atoms with Crippen molar-refractivity contribution in [2.75, 3.05) is 11.9 Å². The van der Waals surface area contributed by atoms with E-state index in [2.05, 4.69) is 39.3 Å². The zero-order chi connectivity index (χ0) is 14.7. The van der Waals surface area contributed by atoms with E-state index in [4.69, 9.17) is 0 Å². The Morgan fingerprint density at radius 1 is 1.10 bits per heavy atom. The maximum Gasteiger partial charge on any atom is 0.223 e. The van der Waals surface area contributed by atoms with Crippen LogP contribution in [-0.2, 0) is 0 Å². The van der Waals surface area contributed by atoms with Crippen LogP contribution in [0, 0.1) is 6.92 Å². The molecule has 0 amide bonds. The number of hydrogen-bond acceptors (Lipinski definition) is 4. The molecule has 0 unspecified atom stereocenters. The summed E-state index contributed by atoms with van der Waals surface area (Å²) in [6.07, 6.45) is 4.73. The van der Waals surface area contributed by atoms with Crippen molar-refractivity contribution in [1.29, 1.82) is 0 Å². The van der Waals surface area contributed by atoms with Crippen LogP contribution in [0.25, 0.3) is 22.2 Å². The van der Waals surface area contributed by atoms with Gasteiger partial charge in [0.2, 0.25) is 5.95 Å². The van der Waals surface area contributed by atoms with Crippen LogP contribution in [0.5, 0.6) is 0 Å². The highest BCUT2D eigenvalue weighted by Gasteiger charge is 2.10. The summed E-state index contributed by atoms with van der Waals surface area (Å²) in [7, 11) is 0. The minimum absolute atomic E-state index is 0.679. The number of fused-ring (bicyclic) bond motifs is 1. The second-order valence-corrected chi connectivity index (χ2v) is 5.03. The van der Waals surface area contributed by atoms with Gasteiger partial charge in [0.1, 0.15) is 0 Å². The molecule has 1 aromatic carbocycles. The quantitative estimate of drug-likeness (QED) is 0.788. The number of nitrogens with zero attached hydrogens (tertiary/aromatic N) is 3. The van der Waals surface area contributed by atoms with Gasteiger partial charge in [-0.1, -0.05) is 25.1 Å². The number of nitrogens with one attached hydrogen (secondary N) is 1. The Bertz CT molecular complexity index is 762. The molecule has 2 aromatic heterocycles. The van der Waals surface area contributed by atoms with Gasteiger partial charge in [0.15, 0.2) is 0 Å². The van der Waals surface area contributed by atoms with Crippen LogP contribution in [0.2, 0.25) is 0 Å². The van der Waals surface area contributed by atoms with E-state index in [1.807, 2.05) is 37.5 Å². The highest BCUT2D eigenvalue weighted by atomic mass is 15.1. The van der Waals surface area contributed by atoms with Crippen LogP contribution in [-0.4, -0.2) is 21.5 Å². The molecule has 0 aliphatic heterocycles. The van der Waals surface area contributed by atoms with E-state index in [1.54, 1.807) is 0 Å². The maximum atomic E-state index is 4.68. The van der Waals surface area contributed by atoms with Gasteiger partial charge in [0.05, 0.1) is 11.2 Å². The molecule has 21 heavy (non-hydrogen) atoms. The standard InChI is InChI=1S/C17H18N4/c1-3-9-19-17-20-11-12(2)16(21-17)14-6-4-8-15-13(14)7-5-10-18-15/h4-8,10-11H,3,9H2,1-2H3,(H,19,20,21). The van der Waals surface area contributed by atoms with Gasteiger partial charge in [0.25, 0.3) is 0 Å². The van der Waals surface area contributed by atoms with Crippen LogP contribution < -0.4 is 5.32 Å². The van der Waals surface area contributed by atoms with Crippen molar-refractivity contribution in [2.45, 2.75) is 20.3 Å². The van der Waals surface area contributed by atoms with E-state index < -0.39 is 0 Å². The van der Waals surface area contributed by atoms with E-state index in [1.165, 1.54) is 0 Å². The third-order valence-corrected chi connectivity index (χ3v) is 3.41. The molecule has 0 aliphatic carbocycles. The van der Waals surface area contributed by atoms with Gasteiger partial charge >= 0.3 is 0 Å². The molecule has 4 heteroatoms. The van der Waals surface area contributed by atoms with Gasteiger partial charge in [-0.2, -0.15) is 0 Å². The molecule has 1 N–H and O–H groups in total. The monoisotopic (exact) mass is 278 g/mol. The summed E-state index contributed by atoms with van der Waals surface area (Å²) >= 11 is 0. The molecule has 0 radical (unpaired) electrons. The van der Waals surface area contributed by atoms with Gasteiger partial charge in [-0.3, -0.25) is 4.98 Å². The fraction of sp³-hybridized carbons (Fsp3) is 0.235. The molecule has 2 heterocycles. The Hall–Kier alpha value is -2.49. The highest BCUT2D eigenvalue weighted by Crippen LogP contribution is 2.28. The number of anilines is 1.